The normalized spacial score (nSPS) is 11.2. The lowest BCUT2D eigenvalue weighted by Gasteiger charge is -2.11. The predicted molar refractivity (Wildman–Crippen MR) is 62.3 cm³/mol. The average Bonchev–Trinajstić information content (AvgIpc) is 2.30. The molecule has 0 saturated carbocycles. The Labute approximate surface area is 113 Å². The van der Waals surface area contributed by atoms with Gasteiger partial charge in [-0.15, -0.1) is 13.2 Å². The maximum atomic E-state index is 12.1. The van der Waals surface area contributed by atoms with Gasteiger partial charge in [0.25, 0.3) is 0 Å². The Morgan fingerprint density at radius 3 is 2.58 bits per heavy atom. The van der Waals surface area contributed by atoms with Gasteiger partial charge in [-0.05, 0) is 6.92 Å². The van der Waals surface area contributed by atoms with Crippen molar-refractivity contribution in [3.63, 3.8) is 0 Å². The lowest BCUT2D eigenvalue weighted by Crippen LogP contribution is -2.27. The number of aromatic nitrogens is 1. The second-order valence-corrected chi connectivity index (χ2v) is 3.80. The van der Waals surface area contributed by atoms with Crippen LogP contribution in [-0.2, 0) is 10.1 Å². The molecule has 0 spiro atoms. The summed E-state index contributed by atoms with van der Waals surface area (Å²) in [5.41, 5.74) is -1.58. The molecule has 0 radical (unpaired) electrons. The zero-order chi connectivity index (χ0) is 14.6. The third kappa shape index (κ3) is 3.98. The Kier molecular flexibility index (Phi) is 4.98. The molecule has 1 rings (SSSR count). The van der Waals surface area contributed by atoms with Crippen molar-refractivity contribution < 1.29 is 27.4 Å². The molecule has 0 amide bonds. The quantitative estimate of drug-likeness (QED) is 0.673. The number of ether oxygens (including phenoxy) is 2. The summed E-state index contributed by atoms with van der Waals surface area (Å²) < 4.78 is 44.4. The number of carbonyl (C=O) groups excluding carboxylic acids is 1. The van der Waals surface area contributed by atoms with E-state index in [0.29, 0.717) is 0 Å². The Morgan fingerprint density at radius 2 is 2.11 bits per heavy atom. The summed E-state index contributed by atoms with van der Waals surface area (Å²) in [6.45, 7) is 1.50. The monoisotopic (exact) mass is 343 g/mol. The number of hydrogen-bond donors (Lipinski definition) is 1. The van der Waals surface area contributed by atoms with E-state index in [9.17, 15) is 22.8 Å². The van der Waals surface area contributed by atoms with Crippen molar-refractivity contribution >= 4 is 21.9 Å². The third-order valence-electron chi connectivity index (χ3n) is 1.97. The molecule has 0 saturated heterocycles. The van der Waals surface area contributed by atoms with Gasteiger partial charge in [0.1, 0.15) is 5.56 Å². The maximum Gasteiger partial charge on any atom is 0.573 e. The molecule has 0 fully saturated rings. The summed E-state index contributed by atoms with van der Waals surface area (Å²) in [4.78, 5) is 25.7. The van der Waals surface area contributed by atoms with Gasteiger partial charge < -0.3 is 14.5 Å². The van der Waals surface area contributed by atoms with Gasteiger partial charge in [0.15, 0.2) is 5.75 Å². The summed E-state index contributed by atoms with van der Waals surface area (Å²) >= 11 is 3.01. The molecular weight excluding hydrogens is 335 g/mol. The molecule has 0 unspecified atom stereocenters. The van der Waals surface area contributed by atoms with Crippen LogP contribution in [0.1, 0.15) is 23.0 Å². The van der Waals surface area contributed by atoms with Crippen molar-refractivity contribution in [1.29, 1.82) is 0 Å². The van der Waals surface area contributed by atoms with Crippen LogP contribution in [0.2, 0.25) is 0 Å². The molecule has 0 atom stereocenters. The van der Waals surface area contributed by atoms with Gasteiger partial charge in [0.05, 0.1) is 6.61 Å². The molecule has 0 aromatic carbocycles. The summed E-state index contributed by atoms with van der Waals surface area (Å²) in [5.74, 6) is -2.02. The van der Waals surface area contributed by atoms with Crippen LogP contribution < -0.4 is 10.2 Å². The second kappa shape index (κ2) is 6.09. The first-order chi connectivity index (χ1) is 8.80. The largest absolute Gasteiger partial charge is 0.573 e. The number of aromatic amines is 1. The van der Waals surface area contributed by atoms with E-state index in [1.165, 1.54) is 6.92 Å². The van der Waals surface area contributed by atoms with Crippen LogP contribution in [0.15, 0.2) is 11.0 Å². The highest BCUT2D eigenvalue weighted by molar-refractivity contribution is 9.08. The number of pyridine rings is 1. The molecule has 0 aliphatic heterocycles. The number of esters is 1. The lowest BCUT2D eigenvalue weighted by atomic mass is 10.2. The van der Waals surface area contributed by atoms with Crippen molar-refractivity contribution in [3.05, 3.63) is 27.7 Å². The van der Waals surface area contributed by atoms with E-state index >= 15 is 0 Å². The van der Waals surface area contributed by atoms with Crippen molar-refractivity contribution in [2.75, 3.05) is 6.61 Å². The number of hydrogen-bond acceptors (Lipinski definition) is 4. The van der Waals surface area contributed by atoms with E-state index in [1.807, 2.05) is 0 Å². The van der Waals surface area contributed by atoms with Gasteiger partial charge in [-0.1, -0.05) is 15.9 Å². The van der Waals surface area contributed by atoms with Gasteiger partial charge in [-0.25, -0.2) is 4.79 Å². The lowest BCUT2D eigenvalue weighted by molar-refractivity contribution is -0.275. The van der Waals surface area contributed by atoms with Gasteiger partial charge in [0.2, 0.25) is 5.43 Å². The predicted octanol–water partition coefficient (Wildman–Crippen LogP) is 2.35. The van der Waals surface area contributed by atoms with Crippen molar-refractivity contribution in [2.45, 2.75) is 18.6 Å². The van der Waals surface area contributed by atoms with Crippen LogP contribution in [0.5, 0.6) is 5.75 Å². The van der Waals surface area contributed by atoms with Crippen molar-refractivity contribution in [1.82, 2.24) is 4.98 Å². The van der Waals surface area contributed by atoms with E-state index in [0.717, 1.165) is 6.20 Å². The highest BCUT2D eigenvalue weighted by atomic mass is 79.9. The molecular formula is C10H9BrF3NO4. The minimum Gasteiger partial charge on any atom is -0.462 e. The van der Waals surface area contributed by atoms with Gasteiger partial charge in [-0.2, -0.15) is 0 Å². The molecule has 19 heavy (non-hydrogen) atoms. The number of alkyl halides is 4. The first-order valence-electron chi connectivity index (χ1n) is 5.03. The Morgan fingerprint density at radius 1 is 1.47 bits per heavy atom. The molecule has 0 bridgehead atoms. The second-order valence-electron chi connectivity index (χ2n) is 3.24. The zero-order valence-corrected chi connectivity index (χ0v) is 11.2. The minimum absolute atomic E-state index is 0.00957. The van der Waals surface area contributed by atoms with E-state index in [1.54, 1.807) is 0 Å². The van der Waals surface area contributed by atoms with Crippen LogP contribution in [0.25, 0.3) is 0 Å². The number of rotatable bonds is 4. The average molecular weight is 344 g/mol. The minimum atomic E-state index is -5.02. The van der Waals surface area contributed by atoms with Gasteiger partial charge in [0, 0.05) is 17.2 Å². The van der Waals surface area contributed by atoms with Gasteiger partial charge >= 0.3 is 12.3 Å². The number of halogens is 4. The Bertz CT molecular complexity index is 526. The summed E-state index contributed by atoms with van der Waals surface area (Å²) in [7, 11) is 0. The molecule has 1 heterocycles. The molecule has 5 nitrogen and oxygen atoms in total. The van der Waals surface area contributed by atoms with Crippen molar-refractivity contribution in [2.24, 2.45) is 0 Å². The SMILES string of the molecule is CCOC(=O)c1c(CBr)[nH]cc(OC(F)(F)F)c1=O. The fourth-order valence-corrected chi connectivity index (χ4v) is 1.72. The smallest absolute Gasteiger partial charge is 0.462 e. The topological polar surface area (TPSA) is 68.4 Å². The third-order valence-corrected chi connectivity index (χ3v) is 2.53. The number of carbonyl (C=O) groups is 1. The zero-order valence-electron chi connectivity index (χ0n) is 9.64. The van der Waals surface area contributed by atoms with E-state index < -0.39 is 29.1 Å². The van der Waals surface area contributed by atoms with E-state index in [4.69, 9.17) is 0 Å². The molecule has 1 aromatic rings. The summed E-state index contributed by atoms with van der Waals surface area (Å²) in [6, 6.07) is 0. The van der Waals surface area contributed by atoms with E-state index in [2.05, 4.69) is 30.4 Å². The molecule has 1 aromatic heterocycles. The molecule has 0 aliphatic rings. The Hall–Kier alpha value is -1.51. The van der Waals surface area contributed by atoms with Crippen LogP contribution >= 0.6 is 15.9 Å². The number of H-pyrrole nitrogens is 1. The first kappa shape index (κ1) is 15.5. The molecule has 106 valence electrons. The van der Waals surface area contributed by atoms with Crippen molar-refractivity contribution in [3.8, 4) is 5.75 Å². The Balaban J connectivity index is 3.30. The first-order valence-corrected chi connectivity index (χ1v) is 6.15. The number of nitrogens with one attached hydrogen (secondary N) is 1. The maximum absolute atomic E-state index is 12.1. The molecule has 9 heteroatoms. The van der Waals surface area contributed by atoms with Crippen LogP contribution in [0, 0.1) is 0 Å². The van der Waals surface area contributed by atoms with E-state index in [-0.39, 0.29) is 17.6 Å². The van der Waals surface area contributed by atoms with Crippen LogP contribution in [0.3, 0.4) is 0 Å². The summed E-state index contributed by atoms with van der Waals surface area (Å²) in [5, 5.41) is 0.0721. The van der Waals surface area contributed by atoms with Crippen LogP contribution in [-0.4, -0.2) is 23.9 Å². The molecule has 0 aliphatic carbocycles. The standard InChI is InChI=1S/C10H9BrF3NO4/c1-2-18-9(17)7-5(3-11)15-4-6(8(7)16)19-10(12,13)14/h4H,2-3H2,1H3,(H,15,16). The summed E-state index contributed by atoms with van der Waals surface area (Å²) in [6.07, 6.45) is -4.27. The molecule has 1 N–H and O–H groups in total. The van der Waals surface area contributed by atoms with Gasteiger partial charge in [-0.3, -0.25) is 4.79 Å². The van der Waals surface area contributed by atoms with Crippen LogP contribution in [0.4, 0.5) is 13.2 Å². The highest BCUT2D eigenvalue weighted by Gasteiger charge is 2.33. The highest BCUT2D eigenvalue weighted by Crippen LogP contribution is 2.20. The fraction of sp³-hybridized carbons (Fsp3) is 0.400. The fourth-order valence-electron chi connectivity index (χ4n) is 1.28.